The van der Waals surface area contributed by atoms with Crippen molar-refractivity contribution in [1.82, 2.24) is 4.90 Å². The van der Waals surface area contributed by atoms with E-state index in [0.29, 0.717) is 19.7 Å². The molecule has 60 valence electrons. The second-order valence-electron chi connectivity index (χ2n) is 2.49. The molecule has 1 rings (SSSR count). The van der Waals surface area contributed by atoms with Crippen molar-refractivity contribution in [2.45, 2.75) is 12.8 Å². The summed E-state index contributed by atoms with van der Waals surface area (Å²) in [5.74, 6) is -1.16. The molecule has 0 aromatic carbocycles. The Kier molecular flexibility index (Phi) is 2.25. The molecule has 0 aliphatic carbocycles. The molecule has 0 aromatic rings. The quantitative estimate of drug-likeness (QED) is 0.525. The summed E-state index contributed by atoms with van der Waals surface area (Å²) in [5, 5.41) is 17.9. The molecule has 2 N–H and O–H groups in total. The summed E-state index contributed by atoms with van der Waals surface area (Å²) in [5.41, 5.74) is 0. The van der Waals surface area contributed by atoms with E-state index in [1.807, 2.05) is 0 Å². The van der Waals surface area contributed by atoms with Crippen LogP contribution in [0, 0.1) is 0 Å². The van der Waals surface area contributed by atoms with Gasteiger partial charge in [0.1, 0.15) is 0 Å². The molecule has 0 amide bonds. The maximum atomic E-state index is 9.38. The molecule has 4 heteroatoms. The Hall–Kier alpha value is -0.160. The lowest BCUT2D eigenvalue weighted by Crippen LogP contribution is -2.43. The highest BCUT2D eigenvalue weighted by Gasteiger charge is 2.34. The largest absolute Gasteiger partial charge is 0.395 e. The second-order valence-corrected chi connectivity index (χ2v) is 2.49. The minimum atomic E-state index is -1.16. The van der Waals surface area contributed by atoms with Gasteiger partial charge >= 0.3 is 0 Å². The van der Waals surface area contributed by atoms with E-state index in [4.69, 9.17) is 9.84 Å². The third-order valence-electron chi connectivity index (χ3n) is 1.69. The van der Waals surface area contributed by atoms with E-state index in [0.717, 1.165) is 0 Å². The first-order valence-electron chi connectivity index (χ1n) is 3.39. The van der Waals surface area contributed by atoms with Gasteiger partial charge in [-0.3, -0.25) is 0 Å². The first-order valence-corrected chi connectivity index (χ1v) is 3.39. The molecule has 10 heavy (non-hydrogen) atoms. The van der Waals surface area contributed by atoms with E-state index >= 15 is 0 Å². The zero-order valence-electron chi connectivity index (χ0n) is 6.08. The smallest absolute Gasteiger partial charge is 0.224 e. The van der Waals surface area contributed by atoms with Crippen molar-refractivity contribution in [1.29, 1.82) is 0 Å². The van der Waals surface area contributed by atoms with E-state index in [1.165, 1.54) is 0 Å². The molecule has 1 unspecified atom stereocenters. The highest BCUT2D eigenvalue weighted by atomic mass is 16.7. The summed E-state index contributed by atoms with van der Waals surface area (Å²) in [6.07, 6.45) is 0. The SMILES string of the molecule is CC1(O)OCCN1CCO. The molecule has 0 spiro atoms. The molecule has 1 fully saturated rings. The third kappa shape index (κ3) is 1.46. The molecule has 4 nitrogen and oxygen atoms in total. The fourth-order valence-electron chi connectivity index (χ4n) is 1.09. The number of aliphatic hydroxyl groups is 2. The minimum absolute atomic E-state index is 0.0551. The van der Waals surface area contributed by atoms with Crippen LogP contribution in [-0.2, 0) is 4.74 Å². The Morgan fingerprint density at radius 2 is 2.40 bits per heavy atom. The van der Waals surface area contributed by atoms with Crippen LogP contribution < -0.4 is 0 Å². The van der Waals surface area contributed by atoms with Gasteiger partial charge in [0.25, 0.3) is 0 Å². The number of ether oxygens (including phenoxy) is 1. The molecule has 0 bridgehead atoms. The maximum Gasteiger partial charge on any atom is 0.224 e. The lowest BCUT2D eigenvalue weighted by molar-refractivity contribution is -0.231. The topological polar surface area (TPSA) is 52.9 Å². The third-order valence-corrected chi connectivity index (χ3v) is 1.69. The van der Waals surface area contributed by atoms with Crippen LogP contribution in [0.1, 0.15) is 6.92 Å². The molecular weight excluding hydrogens is 134 g/mol. The van der Waals surface area contributed by atoms with Crippen LogP contribution in [0.3, 0.4) is 0 Å². The van der Waals surface area contributed by atoms with Gasteiger partial charge in [0.2, 0.25) is 5.91 Å². The highest BCUT2D eigenvalue weighted by Crippen LogP contribution is 2.17. The first kappa shape index (κ1) is 7.94. The summed E-state index contributed by atoms with van der Waals surface area (Å²) in [4.78, 5) is 1.69. The van der Waals surface area contributed by atoms with Crippen LogP contribution in [-0.4, -0.2) is 47.3 Å². The lowest BCUT2D eigenvalue weighted by Gasteiger charge is -2.26. The van der Waals surface area contributed by atoms with Gasteiger partial charge in [-0.15, -0.1) is 0 Å². The van der Waals surface area contributed by atoms with Crippen molar-refractivity contribution >= 4 is 0 Å². The van der Waals surface area contributed by atoms with Gasteiger partial charge in [-0.1, -0.05) is 0 Å². The zero-order valence-corrected chi connectivity index (χ0v) is 6.08. The molecular formula is C6H13NO3. The summed E-state index contributed by atoms with van der Waals surface area (Å²) in [6.45, 7) is 3.32. The summed E-state index contributed by atoms with van der Waals surface area (Å²) < 4.78 is 4.98. The maximum absolute atomic E-state index is 9.38. The number of hydrogen-bond donors (Lipinski definition) is 2. The lowest BCUT2D eigenvalue weighted by atomic mass is 10.4. The van der Waals surface area contributed by atoms with E-state index < -0.39 is 5.91 Å². The van der Waals surface area contributed by atoms with Crippen molar-refractivity contribution < 1.29 is 14.9 Å². The molecule has 1 saturated heterocycles. The number of β-amino-alcohol motifs (C(OH)–C–C–N with tert-alkyl or cyclic N) is 1. The van der Waals surface area contributed by atoms with Crippen LogP contribution in [0.5, 0.6) is 0 Å². The molecule has 1 aliphatic heterocycles. The summed E-state index contributed by atoms with van der Waals surface area (Å²) in [6, 6.07) is 0. The van der Waals surface area contributed by atoms with E-state index in [1.54, 1.807) is 11.8 Å². The van der Waals surface area contributed by atoms with Crippen LogP contribution in [0.2, 0.25) is 0 Å². The molecule has 1 heterocycles. The highest BCUT2D eigenvalue weighted by molar-refractivity contribution is 4.70. The number of hydrogen-bond acceptors (Lipinski definition) is 4. The number of aliphatic hydroxyl groups excluding tert-OH is 1. The fourth-order valence-corrected chi connectivity index (χ4v) is 1.09. The van der Waals surface area contributed by atoms with Crippen molar-refractivity contribution in [2.75, 3.05) is 26.3 Å². The molecule has 1 aliphatic rings. The zero-order chi connectivity index (χ0) is 7.61. The Labute approximate surface area is 60.0 Å². The normalized spacial score (nSPS) is 35.1. The summed E-state index contributed by atoms with van der Waals surface area (Å²) in [7, 11) is 0. The van der Waals surface area contributed by atoms with Crippen LogP contribution >= 0.6 is 0 Å². The average Bonchev–Trinajstić information content (AvgIpc) is 2.13. The van der Waals surface area contributed by atoms with Crippen molar-refractivity contribution in [3.05, 3.63) is 0 Å². The Balaban J connectivity index is 2.43. The van der Waals surface area contributed by atoms with Crippen LogP contribution in [0.15, 0.2) is 0 Å². The molecule has 0 aromatic heterocycles. The van der Waals surface area contributed by atoms with Gasteiger partial charge in [0.15, 0.2) is 0 Å². The second kappa shape index (κ2) is 2.84. The van der Waals surface area contributed by atoms with Crippen molar-refractivity contribution in [2.24, 2.45) is 0 Å². The standard InChI is InChI=1S/C6H13NO3/c1-6(9)7(2-4-8)3-5-10-6/h8-9H,2-5H2,1H3. The summed E-state index contributed by atoms with van der Waals surface area (Å²) >= 11 is 0. The molecule has 1 atom stereocenters. The molecule has 0 radical (unpaired) electrons. The molecule has 0 saturated carbocycles. The van der Waals surface area contributed by atoms with Crippen molar-refractivity contribution in [3.8, 4) is 0 Å². The van der Waals surface area contributed by atoms with Gasteiger partial charge in [-0.05, 0) is 0 Å². The van der Waals surface area contributed by atoms with Crippen LogP contribution in [0.4, 0.5) is 0 Å². The average molecular weight is 147 g/mol. The van der Waals surface area contributed by atoms with E-state index in [2.05, 4.69) is 0 Å². The van der Waals surface area contributed by atoms with Crippen molar-refractivity contribution in [3.63, 3.8) is 0 Å². The Bertz CT molecular complexity index is 116. The number of rotatable bonds is 2. The predicted molar refractivity (Wildman–Crippen MR) is 35.2 cm³/mol. The monoisotopic (exact) mass is 147 g/mol. The van der Waals surface area contributed by atoms with E-state index in [-0.39, 0.29) is 6.61 Å². The van der Waals surface area contributed by atoms with Gasteiger partial charge in [0.05, 0.1) is 13.2 Å². The van der Waals surface area contributed by atoms with Crippen LogP contribution in [0.25, 0.3) is 0 Å². The van der Waals surface area contributed by atoms with Gasteiger partial charge < -0.3 is 14.9 Å². The Morgan fingerprint density at radius 1 is 1.70 bits per heavy atom. The predicted octanol–water partition coefficient (Wildman–Crippen LogP) is -1.02. The van der Waals surface area contributed by atoms with Gasteiger partial charge in [-0.2, -0.15) is 0 Å². The number of nitrogens with zero attached hydrogens (tertiary/aromatic N) is 1. The Morgan fingerprint density at radius 3 is 2.80 bits per heavy atom. The van der Waals surface area contributed by atoms with E-state index in [9.17, 15) is 5.11 Å². The minimum Gasteiger partial charge on any atom is -0.395 e. The van der Waals surface area contributed by atoms with Gasteiger partial charge in [-0.25, -0.2) is 4.90 Å². The first-order chi connectivity index (χ1) is 4.67. The van der Waals surface area contributed by atoms with Gasteiger partial charge in [0, 0.05) is 20.0 Å². The fraction of sp³-hybridized carbons (Fsp3) is 1.00.